The van der Waals surface area contributed by atoms with Crippen LogP contribution in [-0.4, -0.2) is 46.3 Å². The normalized spacial score (nSPS) is 19.2. The lowest BCUT2D eigenvalue weighted by Crippen LogP contribution is -2.32. The van der Waals surface area contributed by atoms with Crippen molar-refractivity contribution in [1.82, 2.24) is 14.9 Å². The molecule has 0 saturated carbocycles. The summed E-state index contributed by atoms with van der Waals surface area (Å²) in [6.45, 7) is 2.66. The minimum Gasteiger partial charge on any atom is -0.358 e. The summed E-state index contributed by atoms with van der Waals surface area (Å²) in [5.41, 5.74) is 0. The highest BCUT2D eigenvalue weighted by molar-refractivity contribution is 6.06. The summed E-state index contributed by atoms with van der Waals surface area (Å²) in [7, 11) is 1.48. The van der Waals surface area contributed by atoms with E-state index in [9.17, 15) is 9.59 Å². The van der Waals surface area contributed by atoms with Crippen molar-refractivity contribution in [3.8, 4) is 0 Å². The molecule has 2 rings (SSSR count). The van der Waals surface area contributed by atoms with Gasteiger partial charge < -0.3 is 10.6 Å². The lowest BCUT2D eigenvalue weighted by Gasteiger charge is -2.12. The minimum absolute atomic E-state index is 0.163. The number of hydrogen-bond donors (Lipinski definition) is 2. The van der Waals surface area contributed by atoms with Gasteiger partial charge in [-0.05, 0) is 13.0 Å². The highest BCUT2D eigenvalue weighted by Gasteiger charge is 2.36. The Labute approximate surface area is 105 Å². The first-order valence-corrected chi connectivity index (χ1v) is 5.75. The largest absolute Gasteiger partial charge is 0.358 e. The van der Waals surface area contributed by atoms with Gasteiger partial charge in [0.05, 0.1) is 6.42 Å². The molecule has 0 aliphatic carbocycles. The van der Waals surface area contributed by atoms with Crippen molar-refractivity contribution in [2.45, 2.75) is 19.4 Å². The van der Waals surface area contributed by atoms with E-state index in [1.54, 1.807) is 12.3 Å². The third kappa shape index (κ3) is 2.39. The van der Waals surface area contributed by atoms with Gasteiger partial charge in [0.2, 0.25) is 11.9 Å². The first-order valence-electron chi connectivity index (χ1n) is 5.75. The second-order valence-corrected chi connectivity index (χ2v) is 3.99. The van der Waals surface area contributed by atoms with Crippen molar-refractivity contribution in [3.63, 3.8) is 0 Å². The molecule has 7 nitrogen and oxygen atoms in total. The average Bonchev–Trinajstić information content (AvgIpc) is 2.58. The van der Waals surface area contributed by atoms with Crippen LogP contribution in [0.5, 0.6) is 0 Å². The van der Waals surface area contributed by atoms with E-state index in [2.05, 4.69) is 20.6 Å². The molecule has 0 radical (unpaired) electrons. The van der Waals surface area contributed by atoms with Gasteiger partial charge in [0.15, 0.2) is 0 Å². The predicted octanol–water partition coefficient (Wildman–Crippen LogP) is 0.0776. The van der Waals surface area contributed by atoms with Gasteiger partial charge in [-0.2, -0.15) is 4.98 Å². The van der Waals surface area contributed by atoms with Gasteiger partial charge in [0, 0.05) is 19.8 Å². The van der Waals surface area contributed by atoms with Gasteiger partial charge in [-0.1, -0.05) is 0 Å². The highest BCUT2D eigenvalue weighted by atomic mass is 16.2. The summed E-state index contributed by atoms with van der Waals surface area (Å²) in [5, 5.41) is 5.92. The molecule has 1 aromatic heterocycles. The molecule has 0 aromatic carbocycles. The standard InChI is InChI=1S/C11H15N5O2/c1-3-12-11-13-5-4-8(15-11)14-7-6-9(17)16(2)10(7)18/h4-5,7H,3,6H2,1-2H3,(H2,12,13,14,15). The number of rotatable bonds is 4. The molecule has 1 aliphatic heterocycles. The lowest BCUT2D eigenvalue weighted by molar-refractivity contribution is -0.136. The molecule has 1 aliphatic rings. The summed E-state index contributed by atoms with van der Waals surface area (Å²) in [4.78, 5) is 32.4. The molecule has 1 unspecified atom stereocenters. The smallest absolute Gasteiger partial charge is 0.251 e. The number of anilines is 2. The van der Waals surface area contributed by atoms with E-state index >= 15 is 0 Å². The zero-order valence-corrected chi connectivity index (χ0v) is 10.3. The Hall–Kier alpha value is -2.18. The molecule has 2 N–H and O–H groups in total. The van der Waals surface area contributed by atoms with Crippen LogP contribution in [0.2, 0.25) is 0 Å². The summed E-state index contributed by atoms with van der Waals surface area (Å²) in [5.74, 6) is 0.608. The summed E-state index contributed by atoms with van der Waals surface area (Å²) >= 11 is 0. The topological polar surface area (TPSA) is 87.2 Å². The number of nitrogens with zero attached hydrogens (tertiary/aromatic N) is 3. The monoisotopic (exact) mass is 249 g/mol. The van der Waals surface area contributed by atoms with Crippen LogP contribution in [0.15, 0.2) is 12.3 Å². The Bertz CT molecular complexity index is 476. The first kappa shape index (κ1) is 12.3. The van der Waals surface area contributed by atoms with Gasteiger partial charge >= 0.3 is 0 Å². The Morgan fingerprint density at radius 1 is 1.50 bits per heavy atom. The average molecular weight is 249 g/mol. The maximum absolute atomic E-state index is 11.7. The lowest BCUT2D eigenvalue weighted by atomic mass is 10.2. The fourth-order valence-electron chi connectivity index (χ4n) is 1.73. The molecular weight excluding hydrogens is 234 g/mol. The molecule has 2 amide bonds. The molecule has 96 valence electrons. The second kappa shape index (κ2) is 4.99. The Kier molecular flexibility index (Phi) is 3.40. The van der Waals surface area contributed by atoms with Gasteiger partial charge in [-0.25, -0.2) is 4.98 Å². The molecule has 0 spiro atoms. The van der Waals surface area contributed by atoms with E-state index < -0.39 is 6.04 Å². The van der Waals surface area contributed by atoms with Gasteiger partial charge in [-0.3, -0.25) is 14.5 Å². The third-order valence-electron chi connectivity index (χ3n) is 2.69. The van der Waals surface area contributed by atoms with E-state index in [0.717, 1.165) is 4.90 Å². The predicted molar refractivity (Wildman–Crippen MR) is 66.0 cm³/mol. The van der Waals surface area contributed by atoms with Crippen molar-refractivity contribution in [2.24, 2.45) is 0 Å². The third-order valence-corrected chi connectivity index (χ3v) is 2.69. The summed E-state index contributed by atoms with van der Waals surface area (Å²) in [6, 6.07) is 1.13. The van der Waals surface area contributed by atoms with Crippen molar-refractivity contribution >= 4 is 23.6 Å². The van der Waals surface area contributed by atoms with Crippen LogP contribution in [0, 0.1) is 0 Å². The van der Waals surface area contributed by atoms with Crippen molar-refractivity contribution < 1.29 is 9.59 Å². The van der Waals surface area contributed by atoms with Gasteiger partial charge in [-0.15, -0.1) is 0 Å². The number of hydrogen-bond acceptors (Lipinski definition) is 6. The Balaban J connectivity index is 2.08. The molecule has 1 aromatic rings. The highest BCUT2D eigenvalue weighted by Crippen LogP contribution is 2.16. The van der Waals surface area contributed by atoms with Crippen LogP contribution >= 0.6 is 0 Å². The zero-order chi connectivity index (χ0) is 13.1. The number of likely N-dealkylation sites (tertiary alicyclic amines) is 1. The molecule has 1 atom stereocenters. The Morgan fingerprint density at radius 2 is 2.28 bits per heavy atom. The molecule has 2 heterocycles. The number of amides is 2. The minimum atomic E-state index is -0.535. The fourth-order valence-corrected chi connectivity index (χ4v) is 1.73. The molecule has 1 fully saturated rings. The Morgan fingerprint density at radius 3 is 2.89 bits per heavy atom. The maximum Gasteiger partial charge on any atom is 0.251 e. The first-order chi connectivity index (χ1) is 8.61. The number of carbonyl (C=O) groups excluding carboxylic acids is 2. The van der Waals surface area contributed by atoms with Crippen LogP contribution < -0.4 is 10.6 Å². The van der Waals surface area contributed by atoms with Crippen LogP contribution in [0.1, 0.15) is 13.3 Å². The van der Waals surface area contributed by atoms with Crippen molar-refractivity contribution in [3.05, 3.63) is 12.3 Å². The molecular formula is C11H15N5O2. The second-order valence-electron chi connectivity index (χ2n) is 3.99. The van der Waals surface area contributed by atoms with Crippen LogP contribution in [0.4, 0.5) is 11.8 Å². The molecule has 0 bridgehead atoms. The maximum atomic E-state index is 11.7. The van der Waals surface area contributed by atoms with E-state index in [0.29, 0.717) is 18.3 Å². The summed E-state index contributed by atoms with van der Waals surface area (Å²) < 4.78 is 0. The molecule has 18 heavy (non-hydrogen) atoms. The van der Waals surface area contributed by atoms with Crippen molar-refractivity contribution in [2.75, 3.05) is 24.2 Å². The van der Waals surface area contributed by atoms with Gasteiger partial charge in [0.1, 0.15) is 11.9 Å². The SMILES string of the molecule is CCNc1nccc(NC2CC(=O)N(C)C2=O)n1. The van der Waals surface area contributed by atoms with E-state index in [4.69, 9.17) is 0 Å². The number of likely N-dealkylation sites (N-methyl/N-ethyl adjacent to an activating group) is 1. The van der Waals surface area contributed by atoms with Crippen LogP contribution in [-0.2, 0) is 9.59 Å². The quantitative estimate of drug-likeness (QED) is 0.735. The van der Waals surface area contributed by atoms with Crippen LogP contribution in [0.25, 0.3) is 0 Å². The van der Waals surface area contributed by atoms with E-state index in [1.807, 2.05) is 6.92 Å². The van der Waals surface area contributed by atoms with Gasteiger partial charge in [0.25, 0.3) is 5.91 Å². The number of imide groups is 1. The van der Waals surface area contributed by atoms with E-state index in [1.165, 1.54) is 7.05 Å². The number of carbonyl (C=O) groups is 2. The fraction of sp³-hybridized carbons (Fsp3) is 0.455. The zero-order valence-electron chi connectivity index (χ0n) is 10.3. The molecule has 7 heteroatoms. The van der Waals surface area contributed by atoms with Crippen LogP contribution in [0.3, 0.4) is 0 Å². The van der Waals surface area contributed by atoms with Crippen molar-refractivity contribution in [1.29, 1.82) is 0 Å². The number of aromatic nitrogens is 2. The summed E-state index contributed by atoms with van der Waals surface area (Å²) in [6.07, 6.45) is 1.76. The molecule has 1 saturated heterocycles. The number of nitrogens with one attached hydrogen (secondary N) is 2. The van der Waals surface area contributed by atoms with E-state index in [-0.39, 0.29) is 18.2 Å².